The number of phenolic OH excluding ortho intramolecular Hbond substituents is 1. The first-order chi connectivity index (χ1) is 20.1. The Balaban J connectivity index is 1.53. The smallest absolute Gasteiger partial charge is 0.335 e. The Morgan fingerprint density at radius 2 is 1.69 bits per heavy atom. The molecule has 1 saturated heterocycles. The van der Waals surface area contributed by atoms with Crippen LogP contribution in [-0.4, -0.2) is 53.8 Å². The van der Waals surface area contributed by atoms with Crippen molar-refractivity contribution < 1.29 is 43.7 Å². The molecule has 10 nitrogen and oxygen atoms in total. The van der Waals surface area contributed by atoms with Crippen molar-refractivity contribution in [2.75, 3.05) is 19.1 Å². The minimum absolute atomic E-state index is 0.0527. The second-order valence-corrected chi connectivity index (χ2v) is 11.4. The second kappa shape index (κ2) is 10.1. The number of phenols is 1. The number of methoxy groups -OCH3 is 2. The summed E-state index contributed by atoms with van der Waals surface area (Å²) < 4.78 is 11.3. The second-order valence-electron chi connectivity index (χ2n) is 10.5. The molecule has 2 amide bonds. The molecule has 2 aromatic rings. The number of aromatic hydroxyl groups is 1. The number of halogens is 1. The monoisotopic (exact) mass is 633 g/mol. The van der Waals surface area contributed by atoms with Gasteiger partial charge >= 0.3 is 5.97 Å². The van der Waals surface area contributed by atoms with Crippen LogP contribution in [0.3, 0.4) is 0 Å². The fourth-order valence-electron chi connectivity index (χ4n) is 6.78. The van der Waals surface area contributed by atoms with E-state index in [4.69, 9.17) is 9.47 Å². The van der Waals surface area contributed by atoms with Gasteiger partial charge in [0.05, 0.1) is 41.8 Å². The number of benzene rings is 2. The van der Waals surface area contributed by atoms with E-state index in [1.54, 1.807) is 0 Å². The third-order valence-corrected chi connectivity index (χ3v) is 9.09. The van der Waals surface area contributed by atoms with Gasteiger partial charge in [0.25, 0.3) is 0 Å². The Hall–Kier alpha value is -4.51. The van der Waals surface area contributed by atoms with Crippen molar-refractivity contribution in [1.29, 1.82) is 0 Å². The molecule has 2 N–H and O–H groups in total. The Morgan fingerprint density at radius 3 is 2.33 bits per heavy atom. The van der Waals surface area contributed by atoms with E-state index < -0.39 is 47.2 Å². The number of hydrogen-bond donors (Lipinski definition) is 2. The van der Waals surface area contributed by atoms with Gasteiger partial charge < -0.3 is 19.7 Å². The summed E-state index contributed by atoms with van der Waals surface area (Å²) in [5.41, 5.74) is 1.63. The lowest BCUT2D eigenvalue weighted by molar-refractivity contribution is -0.123. The number of rotatable bonds is 5. The molecule has 11 heteroatoms. The molecule has 0 unspecified atom stereocenters. The quantitative estimate of drug-likeness (QED) is 0.282. The highest BCUT2D eigenvalue weighted by molar-refractivity contribution is 9.12. The third kappa shape index (κ3) is 4.02. The minimum atomic E-state index is -1.19. The lowest BCUT2D eigenvalue weighted by Crippen LogP contribution is -2.39. The number of imide groups is 1. The standard InChI is InChI=1S/C31H24BrNO9/c1-41-22-9-15(34)10-23(42-2)27(22)26-16-6-7-17-24(18(16)11-19-25(26)21(35)12-20(32)28(19)36)30(38)33(29(17)37)14-5-3-4-13(8-14)31(39)40/h3-6,8-10,12,17-18,24,26,34H,7,11H2,1-2H3,(H,39,40)/t17-,18+,24-,26-/m0/s1. The number of fused-ring (bicyclic) bond motifs is 3. The first-order valence-electron chi connectivity index (χ1n) is 13.1. The number of allylic oxidation sites excluding steroid dienone is 6. The summed E-state index contributed by atoms with van der Waals surface area (Å²) in [7, 11) is 2.82. The van der Waals surface area contributed by atoms with Crippen LogP contribution < -0.4 is 14.4 Å². The van der Waals surface area contributed by atoms with E-state index in [0.717, 1.165) is 4.90 Å². The maximum absolute atomic E-state index is 14.1. The van der Waals surface area contributed by atoms with E-state index in [1.807, 2.05) is 6.08 Å². The molecule has 4 atom stereocenters. The molecule has 0 aromatic heterocycles. The predicted molar refractivity (Wildman–Crippen MR) is 152 cm³/mol. The van der Waals surface area contributed by atoms with Gasteiger partial charge in [-0.2, -0.15) is 0 Å². The van der Waals surface area contributed by atoms with Gasteiger partial charge in [0.1, 0.15) is 17.2 Å². The molecule has 1 fully saturated rings. The maximum Gasteiger partial charge on any atom is 0.335 e. The summed E-state index contributed by atoms with van der Waals surface area (Å²) in [4.78, 5) is 67.3. The number of ketones is 2. The summed E-state index contributed by atoms with van der Waals surface area (Å²) in [5, 5.41) is 19.8. The summed E-state index contributed by atoms with van der Waals surface area (Å²) in [6, 6.07) is 8.41. The number of carbonyl (C=O) groups is 5. The van der Waals surface area contributed by atoms with E-state index in [0.29, 0.717) is 11.1 Å². The molecule has 0 bridgehead atoms. The van der Waals surface area contributed by atoms with Crippen LogP contribution in [0, 0.1) is 17.8 Å². The molecule has 4 aliphatic rings. The molecule has 3 aliphatic carbocycles. The lowest BCUT2D eigenvalue weighted by Gasteiger charge is -2.42. The van der Waals surface area contributed by atoms with Crippen molar-refractivity contribution in [1.82, 2.24) is 0 Å². The van der Waals surface area contributed by atoms with Crippen LogP contribution in [0.1, 0.15) is 34.7 Å². The lowest BCUT2D eigenvalue weighted by atomic mass is 9.59. The maximum atomic E-state index is 14.1. The molecule has 0 spiro atoms. The number of hydrogen-bond acceptors (Lipinski definition) is 8. The van der Waals surface area contributed by atoms with E-state index in [9.17, 15) is 34.2 Å². The van der Waals surface area contributed by atoms with Crippen molar-refractivity contribution >= 4 is 51.0 Å². The van der Waals surface area contributed by atoms with Crippen LogP contribution in [-0.2, 0) is 19.2 Å². The molecule has 214 valence electrons. The van der Waals surface area contributed by atoms with Gasteiger partial charge in [-0.1, -0.05) is 17.7 Å². The Morgan fingerprint density at radius 1 is 1.00 bits per heavy atom. The molecule has 1 heterocycles. The summed E-state index contributed by atoms with van der Waals surface area (Å²) in [6.07, 6.45) is 3.32. The number of nitrogens with zero attached hydrogens (tertiary/aromatic N) is 1. The van der Waals surface area contributed by atoms with Crippen LogP contribution in [0.5, 0.6) is 17.2 Å². The molecule has 42 heavy (non-hydrogen) atoms. The highest BCUT2D eigenvalue weighted by atomic mass is 79.9. The predicted octanol–water partition coefficient (Wildman–Crippen LogP) is 4.07. The van der Waals surface area contributed by atoms with Gasteiger partial charge in [0.2, 0.25) is 11.8 Å². The zero-order valence-electron chi connectivity index (χ0n) is 22.4. The first-order valence-corrected chi connectivity index (χ1v) is 13.9. The van der Waals surface area contributed by atoms with Gasteiger partial charge in [-0.25, -0.2) is 4.79 Å². The number of amides is 2. The van der Waals surface area contributed by atoms with Crippen LogP contribution in [0.25, 0.3) is 0 Å². The molecule has 1 aliphatic heterocycles. The highest BCUT2D eigenvalue weighted by Gasteiger charge is 2.57. The van der Waals surface area contributed by atoms with Gasteiger partial charge in [-0.05, 0) is 52.9 Å². The number of ether oxygens (including phenoxy) is 2. The SMILES string of the molecule is COc1cc(O)cc(OC)c1[C@H]1C2=CC[C@@H]3C(=O)N(c4cccc(C(=O)O)c4)C(=O)[C@@H]3[C@@H]2CC2=C1C(=O)C=C(Br)C2=O. The van der Waals surface area contributed by atoms with Gasteiger partial charge in [0, 0.05) is 40.8 Å². The van der Waals surface area contributed by atoms with Gasteiger partial charge in [-0.3, -0.25) is 24.1 Å². The fourth-order valence-corrected chi connectivity index (χ4v) is 7.23. The van der Waals surface area contributed by atoms with Crippen LogP contribution >= 0.6 is 15.9 Å². The zero-order chi connectivity index (χ0) is 30.0. The van der Waals surface area contributed by atoms with Gasteiger partial charge in [-0.15, -0.1) is 0 Å². The summed E-state index contributed by atoms with van der Waals surface area (Å²) >= 11 is 3.20. The number of aromatic carboxylic acids is 1. The van der Waals surface area contributed by atoms with Crippen molar-refractivity contribution in [3.63, 3.8) is 0 Å². The molecule has 0 saturated carbocycles. The molecule has 6 rings (SSSR count). The molecular weight excluding hydrogens is 610 g/mol. The van der Waals surface area contributed by atoms with E-state index >= 15 is 0 Å². The largest absolute Gasteiger partial charge is 0.508 e. The fraction of sp³-hybridized carbons (Fsp3) is 0.258. The molecule has 0 radical (unpaired) electrons. The van der Waals surface area contributed by atoms with Crippen LogP contribution in [0.2, 0.25) is 0 Å². The van der Waals surface area contributed by atoms with Crippen LogP contribution in [0.15, 0.2) is 69.8 Å². The molecular formula is C31H24BrNO9. The highest BCUT2D eigenvalue weighted by Crippen LogP contribution is 2.58. The van der Waals surface area contributed by atoms with Crippen molar-refractivity contribution in [2.24, 2.45) is 17.8 Å². The summed E-state index contributed by atoms with van der Waals surface area (Å²) in [6.45, 7) is 0. The summed E-state index contributed by atoms with van der Waals surface area (Å²) in [5.74, 6) is -5.69. The zero-order valence-corrected chi connectivity index (χ0v) is 24.0. The first kappa shape index (κ1) is 27.6. The average molecular weight is 634 g/mol. The average Bonchev–Trinajstić information content (AvgIpc) is 3.23. The minimum Gasteiger partial charge on any atom is -0.508 e. The number of carboxylic acid groups (broad SMARTS) is 1. The number of Topliss-reactive ketones (excluding diaryl/α,β-unsaturated/α-hetero) is 1. The van der Waals surface area contributed by atoms with Crippen molar-refractivity contribution in [3.05, 3.63) is 80.9 Å². The van der Waals surface area contributed by atoms with Crippen LogP contribution in [0.4, 0.5) is 5.69 Å². The normalized spacial score (nSPS) is 25.0. The van der Waals surface area contributed by atoms with Gasteiger partial charge in [0.15, 0.2) is 11.6 Å². The molecule has 2 aromatic carbocycles. The van der Waals surface area contributed by atoms with E-state index in [-0.39, 0.29) is 62.8 Å². The Bertz CT molecular complexity index is 1690. The third-order valence-electron chi connectivity index (χ3n) is 8.50. The topological polar surface area (TPSA) is 148 Å². The number of carboxylic acids is 1. The van der Waals surface area contributed by atoms with Crippen molar-refractivity contribution in [2.45, 2.75) is 18.8 Å². The van der Waals surface area contributed by atoms with E-state index in [2.05, 4.69) is 15.9 Å². The Kier molecular flexibility index (Phi) is 6.64. The number of carbonyl (C=O) groups excluding carboxylic acids is 4. The van der Waals surface area contributed by atoms with Crippen molar-refractivity contribution in [3.8, 4) is 17.2 Å². The van der Waals surface area contributed by atoms with E-state index in [1.165, 1.54) is 56.7 Å². The Labute approximate surface area is 248 Å². The number of anilines is 1.